The molecule has 0 saturated carbocycles. The summed E-state index contributed by atoms with van der Waals surface area (Å²) in [6.07, 6.45) is 2.46. The molecule has 1 saturated heterocycles. The lowest BCUT2D eigenvalue weighted by atomic mass is 9.98. The van der Waals surface area contributed by atoms with Gasteiger partial charge < -0.3 is 15.2 Å². The number of nitrogen functional groups attached to an aromatic ring is 1. The summed E-state index contributed by atoms with van der Waals surface area (Å²) in [5.74, 6) is 1.63. The highest BCUT2D eigenvalue weighted by molar-refractivity contribution is 5.41. The van der Waals surface area contributed by atoms with E-state index < -0.39 is 0 Å². The summed E-state index contributed by atoms with van der Waals surface area (Å²) in [6, 6.07) is 7.57. The topological polar surface area (TPSA) is 47.7 Å². The summed E-state index contributed by atoms with van der Waals surface area (Å²) >= 11 is 0. The summed E-state index contributed by atoms with van der Waals surface area (Å²) in [7, 11) is 1.78. The fourth-order valence-corrected chi connectivity index (χ4v) is 2.47. The second kappa shape index (κ2) is 7.36. The van der Waals surface area contributed by atoms with E-state index in [2.05, 4.69) is 4.90 Å². The van der Waals surface area contributed by atoms with Gasteiger partial charge in [0.15, 0.2) is 0 Å². The van der Waals surface area contributed by atoms with E-state index in [1.54, 1.807) is 7.11 Å². The molecule has 1 heterocycles. The maximum absolute atomic E-state index is 5.72. The molecule has 0 aromatic heterocycles. The molecule has 1 fully saturated rings. The van der Waals surface area contributed by atoms with Crippen LogP contribution in [0.3, 0.4) is 0 Å². The van der Waals surface area contributed by atoms with Gasteiger partial charge in [-0.25, -0.2) is 0 Å². The predicted molar refractivity (Wildman–Crippen MR) is 77.4 cm³/mol. The second-order valence-electron chi connectivity index (χ2n) is 5.16. The molecule has 4 nitrogen and oxygen atoms in total. The van der Waals surface area contributed by atoms with Crippen LogP contribution in [0.25, 0.3) is 0 Å². The molecule has 0 unspecified atom stereocenters. The average molecular weight is 264 g/mol. The van der Waals surface area contributed by atoms with Gasteiger partial charge in [0.1, 0.15) is 12.4 Å². The van der Waals surface area contributed by atoms with Gasteiger partial charge in [-0.1, -0.05) is 0 Å². The van der Waals surface area contributed by atoms with Crippen molar-refractivity contribution in [2.45, 2.75) is 12.8 Å². The first kappa shape index (κ1) is 14.2. The fourth-order valence-electron chi connectivity index (χ4n) is 2.47. The van der Waals surface area contributed by atoms with Crippen molar-refractivity contribution in [3.05, 3.63) is 24.3 Å². The van der Waals surface area contributed by atoms with E-state index in [1.807, 2.05) is 24.3 Å². The highest BCUT2D eigenvalue weighted by Crippen LogP contribution is 2.17. The Balaban J connectivity index is 1.63. The zero-order valence-electron chi connectivity index (χ0n) is 11.7. The quantitative estimate of drug-likeness (QED) is 0.798. The summed E-state index contributed by atoms with van der Waals surface area (Å²) in [5.41, 5.74) is 6.41. The zero-order valence-corrected chi connectivity index (χ0v) is 11.7. The number of hydrogen-bond acceptors (Lipinski definition) is 4. The van der Waals surface area contributed by atoms with E-state index in [1.165, 1.54) is 12.8 Å². The minimum absolute atomic E-state index is 0.735. The van der Waals surface area contributed by atoms with E-state index >= 15 is 0 Å². The van der Waals surface area contributed by atoms with Crippen LogP contribution in [-0.2, 0) is 4.74 Å². The lowest BCUT2D eigenvalue weighted by Crippen LogP contribution is -2.37. The van der Waals surface area contributed by atoms with Crippen molar-refractivity contribution in [3.63, 3.8) is 0 Å². The first-order valence-electron chi connectivity index (χ1n) is 6.97. The smallest absolute Gasteiger partial charge is 0.119 e. The normalized spacial score (nSPS) is 17.5. The van der Waals surface area contributed by atoms with Crippen molar-refractivity contribution >= 4 is 5.69 Å². The lowest BCUT2D eigenvalue weighted by molar-refractivity contribution is 0.0928. The summed E-state index contributed by atoms with van der Waals surface area (Å²) in [5, 5.41) is 0. The molecule has 0 atom stereocenters. The van der Waals surface area contributed by atoms with Crippen molar-refractivity contribution in [1.82, 2.24) is 4.90 Å². The monoisotopic (exact) mass is 264 g/mol. The van der Waals surface area contributed by atoms with Crippen molar-refractivity contribution in [2.75, 3.05) is 45.7 Å². The molecule has 2 rings (SSSR count). The Morgan fingerprint density at radius 1 is 1.21 bits per heavy atom. The maximum atomic E-state index is 5.72. The van der Waals surface area contributed by atoms with Gasteiger partial charge in [0.25, 0.3) is 0 Å². The molecule has 0 spiro atoms. The third kappa shape index (κ3) is 4.73. The summed E-state index contributed by atoms with van der Waals surface area (Å²) in [6.45, 7) is 4.93. The number of piperidine rings is 1. The SMILES string of the molecule is COCC1CCN(CCOc2ccc(N)cc2)CC1. The minimum Gasteiger partial charge on any atom is -0.492 e. The van der Waals surface area contributed by atoms with Crippen LogP contribution >= 0.6 is 0 Å². The molecular weight excluding hydrogens is 240 g/mol. The number of ether oxygens (including phenoxy) is 2. The highest BCUT2D eigenvalue weighted by Gasteiger charge is 2.18. The number of benzene rings is 1. The van der Waals surface area contributed by atoms with E-state index in [0.29, 0.717) is 0 Å². The number of rotatable bonds is 6. The van der Waals surface area contributed by atoms with Crippen LogP contribution < -0.4 is 10.5 Å². The Kier molecular flexibility index (Phi) is 5.48. The molecular formula is C15H24N2O2. The van der Waals surface area contributed by atoms with Gasteiger partial charge in [0.2, 0.25) is 0 Å². The number of methoxy groups -OCH3 is 1. The maximum Gasteiger partial charge on any atom is 0.119 e. The first-order valence-corrected chi connectivity index (χ1v) is 6.97. The molecule has 1 aromatic rings. The average Bonchev–Trinajstić information content (AvgIpc) is 2.43. The Morgan fingerprint density at radius 2 is 1.89 bits per heavy atom. The molecule has 1 aliphatic rings. The zero-order chi connectivity index (χ0) is 13.5. The van der Waals surface area contributed by atoms with Crippen molar-refractivity contribution in [1.29, 1.82) is 0 Å². The van der Waals surface area contributed by atoms with E-state index in [-0.39, 0.29) is 0 Å². The van der Waals surface area contributed by atoms with E-state index in [4.69, 9.17) is 15.2 Å². The van der Waals surface area contributed by atoms with Crippen molar-refractivity contribution in [3.8, 4) is 5.75 Å². The van der Waals surface area contributed by atoms with Gasteiger partial charge in [-0.2, -0.15) is 0 Å². The molecule has 0 amide bonds. The third-order valence-electron chi connectivity index (χ3n) is 3.67. The molecule has 1 aromatic carbocycles. The Hall–Kier alpha value is -1.26. The molecule has 19 heavy (non-hydrogen) atoms. The van der Waals surface area contributed by atoms with E-state index in [9.17, 15) is 0 Å². The van der Waals surface area contributed by atoms with Gasteiger partial charge in [-0.15, -0.1) is 0 Å². The van der Waals surface area contributed by atoms with Crippen LogP contribution in [0.1, 0.15) is 12.8 Å². The molecule has 0 bridgehead atoms. The van der Waals surface area contributed by atoms with Crippen molar-refractivity contribution in [2.24, 2.45) is 5.92 Å². The van der Waals surface area contributed by atoms with Gasteiger partial charge in [0.05, 0.1) is 0 Å². The second-order valence-corrected chi connectivity index (χ2v) is 5.16. The van der Waals surface area contributed by atoms with Crippen LogP contribution in [0, 0.1) is 5.92 Å². The molecule has 4 heteroatoms. The number of anilines is 1. The van der Waals surface area contributed by atoms with Crippen LogP contribution in [0.5, 0.6) is 5.75 Å². The van der Waals surface area contributed by atoms with Crippen LogP contribution in [-0.4, -0.2) is 44.9 Å². The van der Waals surface area contributed by atoms with Crippen LogP contribution in [0.2, 0.25) is 0 Å². The number of hydrogen-bond donors (Lipinski definition) is 1. The van der Waals surface area contributed by atoms with Gasteiger partial charge in [0, 0.05) is 25.9 Å². The molecule has 106 valence electrons. The molecule has 1 aliphatic heterocycles. The standard InChI is InChI=1S/C15H24N2O2/c1-18-12-13-6-8-17(9-7-13)10-11-19-15-4-2-14(16)3-5-15/h2-5,13H,6-12,16H2,1H3. The molecule has 0 radical (unpaired) electrons. The predicted octanol–water partition coefficient (Wildman–Crippen LogP) is 2.01. The largest absolute Gasteiger partial charge is 0.492 e. The van der Waals surface area contributed by atoms with Gasteiger partial charge >= 0.3 is 0 Å². The van der Waals surface area contributed by atoms with Crippen LogP contribution in [0.4, 0.5) is 5.69 Å². The number of nitrogens with two attached hydrogens (primary N) is 1. The Labute approximate surface area is 115 Å². The third-order valence-corrected chi connectivity index (χ3v) is 3.67. The van der Waals surface area contributed by atoms with E-state index in [0.717, 1.165) is 50.2 Å². The van der Waals surface area contributed by atoms with Crippen LogP contribution in [0.15, 0.2) is 24.3 Å². The first-order chi connectivity index (χ1) is 9.28. The van der Waals surface area contributed by atoms with Gasteiger partial charge in [-0.3, -0.25) is 4.90 Å². The summed E-state index contributed by atoms with van der Waals surface area (Å²) < 4.78 is 10.9. The minimum atomic E-state index is 0.735. The fraction of sp³-hybridized carbons (Fsp3) is 0.600. The highest BCUT2D eigenvalue weighted by atomic mass is 16.5. The molecule has 0 aliphatic carbocycles. The Morgan fingerprint density at radius 3 is 2.53 bits per heavy atom. The number of likely N-dealkylation sites (tertiary alicyclic amines) is 1. The number of nitrogens with zero attached hydrogens (tertiary/aromatic N) is 1. The Bertz CT molecular complexity index is 359. The van der Waals surface area contributed by atoms with Gasteiger partial charge in [-0.05, 0) is 56.1 Å². The lowest BCUT2D eigenvalue weighted by Gasteiger charge is -2.31. The van der Waals surface area contributed by atoms with Crippen molar-refractivity contribution < 1.29 is 9.47 Å². The molecule has 2 N–H and O–H groups in total. The summed E-state index contributed by atoms with van der Waals surface area (Å²) in [4.78, 5) is 2.46.